The van der Waals surface area contributed by atoms with Crippen molar-refractivity contribution in [2.75, 3.05) is 13.1 Å². The second kappa shape index (κ2) is 6.35. The summed E-state index contributed by atoms with van der Waals surface area (Å²) in [7, 11) is 0. The van der Waals surface area contributed by atoms with Gasteiger partial charge in [0.15, 0.2) is 0 Å². The first-order valence-corrected chi connectivity index (χ1v) is 7.44. The van der Waals surface area contributed by atoms with E-state index in [1.54, 1.807) is 0 Å². The van der Waals surface area contributed by atoms with Gasteiger partial charge < -0.3 is 0 Å². The van der Waals surface area contributed by atoms with Crippen LogP contribution in [0.3, 0.4) is 0 Å². The first kappa shape index (κ1) is 14.2. The van der Waals surface area contributed by atoms with Gasteiger partial charge in [-0.15, -0.1) is 0 Å². The number of halogens is 2. The molecule has 0 radical (unpaired) electrons. The summed E-state index contributed by atoms with van der Waals surface area (Å²) in [6, 6.07) is 14.5. The van der Waals surface area contributed by atoms with E-state index in [0.717, 1.165) is 32.5 Å². The molecule has 0 saturated carbocycles. The Balaban J connectivity index is 1.63. The number of nitrogens with zero attached hydrogens (tertiary/aromatic N) is 1. The summed E-state index contributed by atoms with van der Waals surface area (Å²) in [6.45, 7) is 2.67. The Morgan fingerprint density at radius 3 is 2.10 bits per heavy atom. The van der Waals surface area contributed by atoms with E-state index in [2.05, 4.69) is 17.0 Å². The molecule has 0 unspecified atom stereocenters. The van der Waals surface area contributed by atoms with Gasteiger partial charge in [0.05, 0.1) is 0 Å². The topological polar surface area (TPSA) is 3.24 Å². The van der Waals surface area contributed by atoms with Crippen LogP contribution in [0.15, 0.2) is 48.5 Å². The second-order valence-corrected chi connectivity index (χ2v) is 5.67. The summed E-state index contributed by atoms with van der Waals surface area (Å²) >= 11 is 0. The van der Waals surface area contributed by atoms with Crippen LogP contribution in [0.5, 0.6) is 0 Å². The van der Waals surface area contributed by atoms with Crippen LogP contribution in [0.1, 0.15) is 29.9 Å². The molecule has 0 atom stereocenters. The molecular weight excluding hydrogens is 268 g/mol. The highest BCUT2D eigenvalue weighted by Crippen LogP contribution is 2.32. The molecule has 0 aliphatic carbocycles. The SMILES string of the molecule is Fc1cccc(F)c1C1CCN(Cc2ccccc2)CC1. The predicted molar refractivity (Wildman–Crippen MR) is 80.1 cm³/mol. The van der Waals surface area contributed by atoms with E-state index in [0.29, 0.717) is 0 Å². The molecule has 1 aliphatic rings. The highest BCUT2D eigenvalue weighted by Gasteiger charge is 2.25. The summed E-state index contributed by atoms with van der Waals surface area (Å²) in [5.74, 6) is -0.814. The Labute approximate surface area is 124 Å². The van der Waals surface area contributed by atoms with Crippen LogP contribution in [0, 0.1) is 11.6 Å². The molecule has 3 rings (SSSR count). The van der Waals surface area contributed by atoms with Crippen molar-refractivity contribution < 1.29 is 8.78 Å². The van der Waals surface area contributed by atoms with E-state index in [-0.39, 0.29) is 11.5 Å². The zero-order valence-corrected chi connectivity index (χ0v) is 11.9. The van der Waals surface area contributed by atoms with E-state index < -0.39 is 11.6 Å². The number of likely N-dealkylation sites (tertiary alicyclic amines) is 1. The minimum absolute atomic E-state index is 0.00165. The fraction of sp³-hybridized carbons (Fsp3) is 0.333. The van der Waals surface area contributed by atoms with Gasteiger partial charge in [0, 0.05) is 12.1 Å². The number of hydrogen-bond donors (Lipinski definition) is 0. The van der Waals surface area contributed by atoms with Crippen LogP contribution in [-0.4, -0.2) is 18.0 Å². The number of piperidine rings is 1. The Hall–Kier alpha value is -1.74. The van der Waals surface area contributed by atoms with Crippen LogP contribution < -0.4 is 0 Å². The van der Waals surface area contributed by atoms with Crippen molar-refractivity contribution in [1.82, 2.24) is 4.90 Å². The minimum Gasteiger partial charge on any atom is -0.299 e. The van der Waals surface area contributed by atoms with E-state index in [1.807, 2.05) is 18.2 Å². The van der Waals surface area contributed by atoms with Gasteiger partial charge in [-0.1, -0.05) is 36.4 Å². The van der Waals surface area contributed by atoms with Crippen molar-refractivity contribution in [3.63, 3.8) is 0 Å². The van der Waals surface area contributed by atoms with Gasteiger partial charge in [-0.25, -0.2) is 8.78 Å². The van der Waals surface area contributed by atoms with Crippen LogP contribution >= 0.6 is 0 Å². The third-order valence-corrected chi connectivity index (χ3v) is 4.24. The van der Waals surface area contributed by atoms with Crippen molar-refractivity contribution in [2.24, 2.45) is 0 Å². The monoisotopic (exact) mass is 287 g/mol. The molecule has 110 valence electrons. The van der Waals surface area contributed by atoms with Crippen molar-refractivity contribution in [2.45, 2.75) is 25.3 Å². The molecule has 2 aromatic rings. The van der Waals surface area contributed by atoms with Crippen LogP contribution in [0.4, 0.5) is 8.78 Å². The Kier molecular flexibility index (Phi) is 4.30. The van der Waals surface area contributed by atoms with Crippen LogP contribution in [-0.2, 0) is 6.54 Å². The van der Waals surface area contributed by atoms with E-state index in [4.69, 9.17) is 0 Å². The molecule has 2 aromatic carbocycles. The molecule has 0 bridgehead atoms. The smallest absolute Gasteiger partial charge is 0.129 e. The summed E-state index contributed by atoms with van der Waals surface area (Å²) in [6.07, 6.45) is 1.62. The molecule has 1 nitrogen and oxygen atoms in total. The maximum absolute atomic E-state index is 13.8. The summed E-state index contributed by atoms with van der Waals surface area (Å²) in [5, 5.41) is 0. The fourth-order valence-electron chi connectivity index (χ4n) is 3.12. The zero-order valence-electron chi connectivity index (χ0n) is 11.9. The Morgan fingerprint density at radius 1 is 0.857 bits per heavy atom. The molecule has 0 spiro atoms. The Bertz CT molecular complexity index is 569. The van der Waals surface area contributed by atoms with Gasteiger partial charge in [-0.2, -0.15) is 0 Å². The third-order valence-electron chi connectivity index (χ3n) is 4.24. The molecule has 0 N–H and O–H groups in total. The lowest BCUT2D eigenvalue weighted by Gasteiger charge is -2.32. The third kappa shape index (κ3) is 3.30. The van der Waals surface area contributed by atoms with Gasteiger partial charge in [0.1, 0.15) is 11.6 Å². The number of hydrogen-bond acceptors (Lipinski definition) is 1. The maximum atomic E-state index is 13.8. The van der Waals surface area contributed by atoms with Crippen molar-refractivity contribution in [3.05, 3.63) is 71.3 Å². The molecule has 0 amide bonds. The standard InChI is InChI=1S/C18H19F2N/c19-16-7-4-8-17(20)18(16)15-9-11-21(12-10-15)13-14-5-2-1-3-6-14/h1-8,15H,9-13H2. The van der Waals surface area contributed by atoms with E-state index in [1.165, 1.54) is 23.8 Å². The maximum Gasteiger partial charge on any atom is 0.129 e. The molecule has 1 aliphatic heterocycles. The van der Waals surface area contributed by atoms with Crippen molar-refractivity contribution in [3.8, 4) is 0 Å². The lowest BCUT2D eigenvalue weighted by molar-refractivity contribution is 0.201. The fourth-order valence-corrected chi connectivity index (χ4v) is 3.12. The molecule has 0 aromatic heterocycles. The average Bonchev–Trinajstić information content (AvgIpc) is 2.50. The number of rotatable bonds is 3. The first-order chi connectivity index (χ1) is 10.2. The van der Waals surface area contributed by atoms with Gasteiger partial charge in [0.25, 0.3) is 0 Å². The largest absolute Gasteiger partial charge is 0.299 e. The molecular formula is C18H19F2N. The minimum atomic E-state index is -0.406. The van der Waals surface area contributed by atoms with Gasteiger partial charge >= 0.3 is 0 Å². The lowest BCUT2D eigenvalue weighted by Crippen LogP contribution is -2.33. The van der Waals surface area contributed by atoms with Crippen LogP contribution in [0.25, 0.3) is 0 Å². The molecule has 1 saturated heterocycles. The molecule has 1 fully saturated rings. The van der Waals surface area contributed by atoms with Crippen molar-refractivity contribution >= 4 is 0 Å². The normalized spacial score (nSPS) is 17.0. The second-order valence-electron chi connectivity index (χ2n) is 5.67. The number of benzene rings is 2. The van der Waals surface area contributed by atoms with Crippen LogP contribution in [0.2, 0.25) is 0 Å². The van der Waals surface area contributed by atoms with Gasteiger partial charge in [0.2, 0.25) is 0 Å². The molecule has 1 heterocycles. The van der Waals surface area contributed by atoms with E-state index in [9.17, 15) is 8.78 Å². The van der Waals surface area contributed by atoms with E-state index >= 15 is 0 Å². The predicted octanol–water partition coefficient (Wildman–Crippen LogP) is 4.34. The van der Waals surface area contributed by atoms with Crippen molar-refractivity contribution in [1.29, 1.82) is 0 Å². The van der Waals surface area contributed by atoms with Gasteiger partial charge in [-0.05, 0) is 49.5 Å². The average molecular weight is 287 g/mol. The quantitative estimate of drug-likeness (QED) is 0.811. The first-order valence-electron chi connectivity index (χ1n) is 7.44. The highest BCUT2D eigenvalue weighted by atomic mass is 19.1. The summed E-state index contributed by atoms with van der Waals surface area (Å²) in [5.41, 5.74) is 1.56. The summed E-state index contributed by atoms with van der Waals surface area (Å²) < 4.78 is 27.7. The summed E-state index contributed by atoms with van der Waals surface area (Å²) in [4.78, 5) is 2.35. The zero-order chi connectivity index (χ0) is 14.7. The lowest BCUT2D eigenvalue weighted by atomic mass is 9.88. The Morgan fingerprint density at radius 2 is 1.48 bits per heavy atom. The van der Waals surface area contributed by atoms with Gasteiger partial charge in [-0.3, -0.25) is 4.90 Å². The molecule has 3 heteroatoms. The molecule has 21 heavy (non-hydrogen) atoms. The highest BCUT2D eigenvalue weighted by molar-refractivity contribution is 5.24.